The molecule has 1 saturated heterocycles. The number of halogens is 1. The van der Waals surface area contributed by atoms with Crippen LogP contribution >= 0.6 is 11.6 Å². The first-order chi connectivity index (χ1) is 7.07. The summed E-state index contributed by atoms with van der Waals surface area (Å²) in [6.45, 7) is -0.794. The van der Waals surface area contributed by atoms with E-state index in [4.69, 9.17) is 26.2 Å². The third-order valence-corrected chi connectivity index (χ3v) is 2.46. The minimum absolute atomic E-state index is 0.0575. The van der Waals surface area contributed by atoms with E-state index in [1.165, 1.54) is 0 Å². The van der Waals surface area contributed by atoms with E-state index < -0.39 is 30.7 Å². The number of ether oxygens (including phenoxy) is 2. The summed E-state index contributed by atoms with van der Waals surface area (Å²) in [7, 11) is 0. The van der Waals surface area contributed by atoms with Crippen LogP contribution in [0.4, 0.5) is 0 Å². The molecule has 15 heavy (non-hydrogen) atoms. The molecule has 7 heteroatoms. The van der Waals surface area contributed by atoms with Crippen molar-refractivity contribution in [2.45, 2.75) is 24.1 Å². The fraction of sp³-hybridized carbons (Fsp3) is 1.00. The van der Waals surface area contributed by atoms with E-state index in [0.29, 0.717) is 0 Å². The van der Waals surface area contributed by atoms with Crippen molar-refractivity contribution in [1.82, 2.24) is 0 Å². The number of aliphatic hydroxyl groups is 4. The van der Waals surface area contributed by atoms with Crippen molar-refractivity contribution in [1.29, 1.82) is 0 Å². The van der Waals surface area contributed by atoms with Crippen molar-refractivity contribution in [3.63, 3.8) is 0 Å². The molecule has 6 nitrogen and oxygen atoms in total. The average molecular weight is 243 g/mol. The summed E-state index contributed by atoms with van der Waals surface area (Å²) in [5.41, 5.74) is 0. The smallest absolute Gasteiger partial charge is 0.221 e. The zero-order valence-corrected chi connectivity index (χ0v) is 8.80. The normalized spacial score (nSPS) is 41.8. The Kier molecular flexibility index (Phi) is 4.72. The van der Waals surface area contributed by atoms with Crippen LogP contribution in [0.15, 0.2) is 0 Å². The van der Waals surface area contributed by atoms with E-state index in [0.717, 1.165) is 0 Å². The molecule has 4 N–H and O–H groups in total. The maximum Gasteiger partial charge on any atom is 0.221 e. The standard InChI is InChI=1S/C8H15ClO6/c9-1-2-14-8(4-10)7(13)6(12)5(11)3-15-8/h5-7,10-13H,1-4H2/t5-,6+,7+,8+/m1/s1. The minimum atomic E-state index is -1.70. The molecule has 1 fully saturated rings. The molecule has 0 unspecified atom stereocenters. The highest BCUT2D eigenvalue weighted by molar-refractivity contribution is 6.17. The van der Waals surface area contributed by atoms with Crippen molar-refractivity contribution in [2.24, 2.45) is 0 Å². The summed E-state index contributed by atoms with van der Waals surface area (Å²) in [5, 5.41) is 37.3. The lowest BCUT2D eigenvalue weighted by Crippen LogP contribution is -2.63. The van der Waals surface area contributed by atoms with Gasteiger partial charge >= 0.3 is 0 Å². The van der Waals surface area contributed by atoms with Gasteiger partial charge in [0.2, 0.25) is 5.79 Å². The second-order valence-corrected chi connectivity index (χ2v) is 3.70. The first-order valence-corrected chi connectivity index (χ1v) is 5.10. The van der Waals surface area contributed by atoms with E-state index in [1.54, 1.807) is 0 Å². The number of hydrogen-bond donors (Lipinski definition) is 4. The highest BCUT2D eigenvalue weighted by Crippen LogP contribution is 2.27. The monoisotopic (exact) mass is 242 g/mol. The predicted octanol–water partition coefficient (Wildman–Crippen LogP) is -1.96. The maximum atomic E-state index is 9.62. The summed E-state index contributed by atoms with van der Waals surface area (Å²) in [6.07, 6.45) is -4.13. The minimum Gasteiger partial charge on any atom is -0.391 e. The summed E-state index contributed by atoms with van der Waals surface area (Å²) in [5.74, 6) is -1.54. The topological polar surface area (TPSA) is 99.4 Å². The summed E-state index contributed by atoms with van der Waals surface area (Å²) in [6, 6.07) is 0. The molecule has 0 spiro atoms. The zero-order valence-electron chi connectivity index (χ0n) is 8.04. The Morgan fingerprint density at radius 3 is 2.60 bits per heavy atom. The van der Waals surface area contributed by atoms with Gasteiger partial charge in [-0.15, -0.1) is 11.6 Å². The molecule has 0 saturated carbocycles. The van der Waals surface area contributed by atoms with Gasteiger partial charge in [-0.05, 0) is 0 Å². The van der Waals surface area contributed by atoms with Gasteiger partial charge in [-0.25, -0.2) is 0 Å². The van der Waals surface area contributed by atoms with Gasteiger partial charge in [0.15, 0.2) is 0 Å². The van der Waals surface area contributed by atoms with Crippen LogP contribution in [-0.4, -0.2) is 70.2 Å². The van der Waals surface area contributed by atoms with Crippen LogP contribution in [0.3, 0.4) is 0 Å². The van der Waals surface area contributed by atoms with Crippen molar-refractivity contribution in [3.8, 4) is 0 Å². The molecule has 1 aliphatic heterocycles. The molecule has 0 radical (unpaired) electrons. The van der Waals surface area contributed by atoms with Gasteiger partial charge in [-0.3, -0.25) is 0 Å². The van der Waals surface area contributed by atoms with Crippen LogP contribution in [0.1, 0.15) is 0 Å². The quantitative estimate of drug-likeness (QED) is 0.428. The SMILES string of the molecule is OC[C@]1(OCCCl)OC[C@@H](O)[C@H](O)[C@@H]1O. The number of rotatable bonds is 4. The van der Waals surface area contributed by atoms with Gasteiger partial charge < -0.3 is 29.9 Å². The van der Waals surface area contributed by atoms with Crippen LogP contribution in [0.2, 0.25) is 0 Å². The van der Waals surface area contributed by atoms with E-state index >= 15 is 0 Å². The number of alkyl halides is 1. The summed E-state index contributed by atoms with van der Waals surface area (Å²) >= 11 is 5.40. The molecule has 0 bridgehead atoms. The van der Waals surface area contributed by atoms with Gasteiger partial charge in [0.05, 0.1) is 13.2 Å². The van der Waals surface area contributed by atoms with E-state index in [-0.39, 0.29) is 19.1 Å². The third kappa shape index (κ3) is 2.59. The van der Waals surface area contributed by atoms with Crippen molar-refractivity contribution >= 4 is 11.6 Å². The molecule has 4 atom stereocenters. The molecule has 0 aromatic rings. The first-order valence-electron chi connectivity index (χ1n) is 4.56. The predicted molar refractivity (Wildman–Crippen MR) is 50.5 cm³/mol. The Bertz CT molecular complexity index is 200. The van der Waals surface area contributed by atoms with Gasteiger partial charge in [0.1, 0.15) is 24.9 Å². The van der Waals surface area contributed by atoms with E-state index in [9.17, 15) is 15.3 Å². The Morgan fingerprint density at radius 1 is 1.40 bits per heavy atom. The first kappa shape index (κ1) is 13.1. The maximum absolute atomic E-state index is 9.62. The van der Waals surface area contributed by atoms with Crippen LogP contribution in [-0.2, 0) is 9.47 Å². The molecule has 1 aliphatic rings. The Balaban J connectivity index is 2.71. The van der Waals surface area contributed by atoms with Crippen LogP contribution in [0.5, 0.6) is 0 Å². The lowest BCUT2D eigenvalue weighted by molar-refractivity contribution is -0.347. The van der Waals surface area contributed by atoms with Crippen LogP contribution < -0.4 is 0 Å². The molecule has 90 valence electrons. The van der Waals surface area contributed by atoms with Gasteiger partial charge in [-0.1, -0.05) is 0 Å². The van der Waals surface area contributed by atoms with Gasteiger partial charge in [-0.2, -0.15) is 0 Å². The van der Waals surface area contributed by atoms with Crippen molar-refractivity contribution < 1.29 is 29.9 Å². The molecule has 0 aliphatic carbocycles. The summed E-state index contributed by atoms with van der Waals surface area (Å²) in [4.78, 5) is 0. The zero-order chi connectivity index (χ0) is 11.5. The number of hydrogen-bond acceptors (Lipinski definition) is 6. The Hall–Kier alpha value is 0.0500. The Morgan fingerprint density at radius 2 is 2.07 bits per heavy atom. The second-order valence-electron chi connectivity index (χ2n) is 3.32. The lowest BCUT2D eigenvalue weighted by Gasteiger charge is -2.43. The second kappa shape index (κ2) is 5.40. The van der Waals surface area contributed by atoms with Gasteiger partial charge in [0, 0.05) is 5.88 Å². The molecule has 0 amide bonds. The summed E-state index contributed by atoms with van der Waals surface area (Å²) < 4.78 is 10.1. The van der Waals surface area contributed by atoms with E-state index in [2.05, 4.69) is 0 Å². The van der Waals surface area contributed by atoms with E-state index in [1.807, 2.05) is 0 Å². The molecular formula is C8H15ClO6. The fourth-order valence-corrected chi connectivity index (χ4v) is 1.48. The molecular weight excluding hydrogens is 228 g/mol. The highest BCUT2D eigenvalue weighted by Gasteiger charge is 2.50. The highest BCUT2D eigenvalue weighted by atomic mass is 35.5. The molecule has 0 aromatic heterocycles. The molecule has 1 heterocycles. The van der Waals surface area contributed by atoms with Crippen LogP contribution in [0, 0.1) is 0 Å². The largest absolute Gasteiger partial charge is 0.391 e. The van der Waals surface area contributed by atoms with Crippen LogP contribution in [0.25, 0.3) is 0 Å². The van der Waals surface area contributed by atoms with Crippen molar-refractivity contribution in [2.75, 3.05) is 25.7 Å². The number of aliphatic hydroxyl groups excluding tert-OH is 4. The molecule has 0 aromatic carbocycles. The van der Waals surface area contributed by atoms with Crippen molar-refractivity contribution in [3.05, 3.63) is 0 Å². The average Bonchev–Trinajstić information content (AvgIpc) is 2.26. The van der Waals surface area contributed by atoms with Gasteiger partial charge in [0.25, 0.3) is 0 Å². The molecule has 1 rings (SSSR count). The Labute approximate surface area is 92.0 Å². The lowest BCUT2D eigenvalue weighted by atomic mass is 9.97. The fourth-order valence-electron chi connectivity index (χ4n) is 1.40. The third-order valence-electron chi connectivity index (χ3n) is 2.31.